The number of hydrogen-bond donors (Lipinski definition) is 2. The van der Waals surface area contributed by atoms with Gasteiger partial charge in [-0.05, 0) is 26.7 Å². The van der Waals surface area contributed by atoms with E-state index in [2.05, 4.69) is 29.5 Å². The van der Waals surface area contributed by atoms with Gasteiger partial charge in [-0.3, -0.25) is 4.99 Å². The van der Waals surface area contributed by atoms with Gasteiger partial charge in [-0.25, -0.2) is 8.42 Å². The lowest BCUT2D eigenvalue weighted by Crippen LogP contribution is -2.42. The number of nitrogens with one attached hydrogen (secondary N) is 2. The topological polar surface area (TPSA) is 70.6 Å². The van der Waals surface area contributed by atoms with E-state index in [1.165, 1.54) is 25.5 Å². The first-order chi connectivity index (χ1) is 9.39. The second-order valence-corrected chi connectivity index (χ2v) is 7.55. The Hall–Kier alpha value is -0.0500. The summed E-state index contributed by atoms with van der Waals surface area (Å²) in [5, 5.41) is 6.55. The molecule has 0 rings (SSSR count). The average molecular weight is 433 g/mol. The van der Waals surface area contributed by atoms with Gasteiger partial charge >= 0.3 is 0 Å². The molecule has 0 bridgehead atoms. The molecule has 0 fully saturated rings. The minimum absolute atomic E-state index is 0. The molecule has 1 unspecified atom stereocenters. The lowest BCUT2D eigenvalue weighted by atomic mass is 10.1. The summed E-state index contributed by atoms with van der Waals surface area (Å²) in [6.45, 7) is 7.71. The molecule has 21 heavy (non-hydrogen) atoms. The van der Waals surface area contributed by atoms with Crippen LogP contribution in [-0.4, -0.2) is 45.5 Å². The zero-order valence-electron chi connectivity index (χ0n) is 13.8. The molecular weight excluding hydrogens is 401 g/mol. The molecule has 0 aliphatic rings. The summed E-state index contributed by atoms with van der Waals surface area (Å²) in [5.74, 6) is 0.979. The molecule has 0 spiro atoms. The summed E-state index contributed by atoms with van der Waals surface area (Å²) < 4.78 is 22.1. The van der Waals surface area contributed by atoms with Crippen molar-refractivity contribution in [1.82, 2.24) is 10.6 Å². The Labute approximate surface area is 147 Å². The van der Waals surface area contributed by atoms with Gasteiger partial charge in [0, 0.05) is 25.4 Å². The number of sulfone groups is 1. The Balaban J connectivity index is 0. The number of rotatable bonds is 10. The Morgan fingerprint density at radius 2 is 1.86 bits per heavy atom. The summed E-state index contributed by atoms with van der Waals surface area (Å²) in [6.07, 6.45) is 6.66. The minimum Gasteiger partial charge on any atom is -0.357 e. The van der Waals surface area contributed by atoms with E-state index >= 15 is 0 Å². The van der Waals surface area contributed by atoms with E-state index in [0.29, 0.717) is 19.0 Å². The molecule has 5 nitrogen and oxygen atoms in total. The lowest BCUT2D eigenvalue weighted by molar-refractivity contribution is 0.546. The Bertz CT molecular complexity index is 372. The van der Waals surface area contributed by atoms with Crippen LogP contribution in [-0.2, 0) is 9.84 Å². The van der Waals surface area contributed by atoms with E-state index in [9.17, 15) is 8.42 Å². The van der Waals surface area contributed by atoms with E-state index in [1.54, 1.807) is 0 Å². The first kappa shape index (κ1) is 23.2. The molecule has 0 aromatic heterocycles. The molecule has 2 N–H and O–H groups in total. The van der Waals surface area contributed by atoms with Crippen molar-refractivity contribution in [3.8, 4) is 0 Å². The number of unbranched alkanes of at least 4 members (excludes halogenated alkanes) is 2. The molecule has 0 aromatic rings. The van der Waals surface area contributed by atoms with Gasteiger partial charge < -0.3 is 10.6 Å². The van der Waals surface area contributed by atoms with Crippen LogP contribution in [0.5, 0.6) is 0 Å². The summed E-state index contributed by atoms with van der Waals surface area (Å²) in [7, 11) is -2.88. The largest absolute Gasteiger partial charge is 0.357 e. The second kappa shape index (κ2) is 13.6. The molecule has 0 heterocycles. The Morgan fingerprint density at radius 3 is 2.38 bits per heavy atom. The van der Waals surface area contributed by atoms with Gasteiger partial charge in [0.05, 0.1) is 5.75 Å². The molecule has 1 atom stereocenters. The third-order valence-corrected chi connectivity index (χ3v) is 3.94. The maximum absolute atomic E-state index is 11.0. The van der Waals surface area contributed by atoms with Crippen molar-refractivity contribution >= 4 is 39.8 Å². The lowest BCUT2D eigenvalue weighted by Gasteiger charge is -2.17. The van der Waals surface area contributed by atoms with Crippen LogP contribution >= 0.6 is 24.0 Å². The summed E-state index contributed by atoms with van der Waals surface area (Å²) in [5.41, 5.74) is 0. The number of aliphatic imine (C=N–C) groups is 1. The smallest absolute Gasteiger partial charge is 0.191 e. The van der Waals surface area contributed by atoms with E-state index < -0.39 is 9.84 Å². The molecule has 7 heteroatoms. The van der Waals surface area contributed by atoms with Crippen LogP contribution in [0.1, 0.15) is 52.9 Å². The minimum atomic E-state index is -2.88. The van der Waals surface area contributed by atoms with Crippen molar-refractivity contribution < 1.29 is 8.42 Å². The van der Waals surface area contributed by atoms with Gasteiger partial charge in [-0.1, -0.05) is 26.2 Å². The summed E-state index contributed by atoms with van der Waals surface area (Å²) >= 11 is 0. The third-order valence-electron chi connectivity index (χ3n) is 2.91. The maximum Gasteiger partial charge on any atom is 0.191 e. The van der Waals surface area contributed by atoms with Gasteiger partial charge in [0.25, 0.3) is 0 Å². The quantitative estimate of drug-likeness (QED) is 0.241. The fourth-order valence-electron chi connectivity index (χ4n) is 1.84. The molecule has 0 saturated heterocycles. The van der Waals surface area contributed by atoms with Crippen LogP contribution in [0.2, 0.25) is 0 Å². The van der Waals surface area contributed by atoms with Gasteiger partial charge in [0.2, 0.25) is 0 Å². The van der Waals surface area contributed by atoms with Crippen LogP contribution in [0, 0.1) is 0 Å². The molecule has 0 aliphatic heterocycles. The molecule has 0 amide bonds. The highest BCUT2D eigenvalue weighted by molar-refractivity contribution is 14.0. The molecule has 0 aliphatic carbocycles. The van der Waals surface area contributed by atoms with Crippen LogP contribution < -0.4 is 10.6 Å². The number of halogens is 1. The van der Waals surface area contributed by atoms with Gasteiger partial charge in [0.1, 0.15) is 9.84 Å². The van der Waals surface area contributed by atoms with E-state index in [1.807, 2.05) is 6.92 Å². The third kappa shape index (κ3) is 16.2. The predicted octanol–water partition coefficient (Wildman–Crippen LogP) is 2.56. The monoisotopic (exact) mass is 433 g/mol. The SMILES string of the molecule is CCCCCC(C)NC(=NCCCS(C)(=O)=O)NCC.I. The van der Waals surface area contributed by atoms with Crippen LogP contribution in [0.4, 0.5) is 0 Å². The maximum atomic E-state index is 11.0. The van der Waals surface area contributed by atoms with E-state index in [4.69, 9.17) is 0 Å². The second-order valence-electron chi connectivity index (χ2n) is 5.29. The molecular formula is C14H32IN3O2S. The van der Waals surface area contributed by atoms with E-state index in [0.717, 1.165) is 18.9 Å². The normalized spacial score (nSPS) is 13.4. The summed E-state index contributed by atoms with van der Waals surface area (Å²) in [6, 6.07) is 0.384. The predicted molar refractivity (Wildman–Crippen MR) is 102 cm³/mol. The average Bonchev–Trinajstić information content (AvgIpc) is 2.34. The highest BCUT2D eigenvalue weighted by Crippen LogP contribution is 2.02. The molecule has 128 valence electrons. The van der Waals surface area contributed by atoms with Crippen molar-refractivity contribution in [1.29, 1.82) is 0 Å². The molecule has 0 radical (unpaired) electrons. The molecule has 0 aromatic carbocycles. The fraction of sp³-hybridized carbons (Fsp3) is 0.929. The van der Waals surface area contributed by atoms with Gasteiger partial charge in [-0.15, -0.1) is 24.0 Å². The molecule has 0 saturated carbocycles. The number of nitrogens with zero attached hydrogens (tertiary/aromatic N) is 1. The van der Waals surface area contributed by atoms with Crippen molar-refractivity contribution in [2.45, 2.75) is 58.9 Å². The van der Waals surface area contributed by atoms with Crippen molar-refractivity contribution in [2.75, 3.05) is 25.1 Å². The van der Waals surface area contributed by atoms with Crippen molar-refractivity contribution in [3.05, 3.63) is 0 Å². The fourth-order valence-corrected chi connectivity index (χ4v) is 2.50. The highest BCUT2D eigenvalue weighted by Gasteiger charge is 2.05. The first-order valence-corrected chi connectivity index (χ1v) is 9.67. The zero-order chi connectivity index (χ0) is 15.4. The van der Waals surface area contributed by atoms with Crippen LogP contribution in [0.25, 0.3) is 0 Å². The Kier molecular flexibility index (Phi) is 15.0. The first-order valence-electron chi connectivity index (χ1n) is 7.61. The highest BCUT2D eigenvalue weighted by atomic mass is 127. The van der Waals surface area contributed by atoms with Gasteiger partial charge in [-0.2, -0.15) is 0 Å². The van der Waals surface area contributed by atoms with E-state index in [-0.39, 0.29) is 29.7 Å². The zero-order valence-corrected chi connectivity index (χ0v) is 17.0. The standard InChI is InChI=1S/C14H31N3O2S.HI/c1-5-7-8-10-13(3)17-14(15-6-2)16-11-9-12-20(4,18)19;/h13H,5-12H2,1-4H3,(H2,15,16,17);1H. The van der Waals surface area contributed by atoms with Crippen LogP contribution in [0.3, 0.4) is 0 Å². The Morgan fingerprint density at radius 1 is 1.19 bits per heavy atom. The number of guanidine groups is 1. The van der Waals surface area contributed by atoms with Crippen molar-refractivity contribution in [3.63, 3.8) is 0 Å². The summed E-state index contributed by atoms with van der Waals surface area (Å²) in [4.78, 5) is 4.41. The number of hydrogen-bond acceptors (Lipinski definition) is 3. The van der Waals surface area contributed by atoms with Crippen molar-refractivity contribution in [2.24, 2.45) is 4.99 Å². The van der Waals surface area contributed by atoms with Crippen LogP contribution in [0.15, 0.2) is 4.99 Å². The van der Waals surface area contributed by atoms with Gasteiger partial charge in [0.15, 0.2) is 5.96 Å².